The van der Waals surface area contributed by atoms with E-state index in [4.69, 9.17) is 11.6 Å². The van der Waals surface area contributed by atoms with Gasteiger partial charge < -0.3 is 4.90 Å². The van der Waals surface area contributed by atoms with Gasteiger partial charge in [0.2, 0.25) is 0 Å². The summed E-state index contributed by atoms with van der Waals surface area (Å²) in [5.74, 6) is 0.160. The van der Waals surface area contributed by atoms with Gasteiger partial charge in [0.1, 0.15) is 9.84 Å². The second kappa shape index (κ2) is 6.77. The van der Waals surface area contributed by atoms with Gasteiger partial charge >= 0.3 is 0 Å². The Labute approximate surface area is 130 Å². The van der Waals surface area contributed by atoms with Crippen LogP contribution >= 0.6 is 11.6 Å². The van der Waals surface area contributed by atoms with Gasteiger partial charge in [-0.3, -0.25) is 9.69 Å². The van der Waals surface area contributed by atoms with Crippen molar-refractivity contribution in [3.8, 4) is 0 Å². The molecule has 116 valence electrons. The summed E-state index contributed by atoms with van der Waals surface area (Å²) in [6.07, 6.45) is 1.24. The van der Waals surface area contributed by atoms with Gasteiger partial charge in [0.05, 0.1) is 5.75 Å². The highest BCUT2D eigenvalue weighted by Gasteiger charge is 2.22. The molecule has 2 rings (SSSR count). The monoisotopic (exact) mass is 330 g/mol. The molecule has 0 N–H and O–H groups in total. The molecule has 1 saturated heterocycles. The van der Waals surface area contributed by atoms with Crippen LogP contribution < -0.4 is 0 Å². The molecule has 0 aromatic heterocycles. The van der Waals surface area contributed by atoms with E-state index in [0.717, 1.165) is 0 Å². The Morgan fingerprint density at radius 2 is 1.71 bits per heavy atom. The lowest BCUT2D eigenvalue weighted by Crippen LogP contribution is -2.49. The minimum atomic E-state index is -2.94. The number of amides is 1. The maximum Gasteiger partial charge on any atom is 0.253 e. The van der Waals surface area contributed by atoms with E-state index in [-0.39, 0.29) is 11.7 Å². The molecule has 0 atom stereocenters. The molecule has 1 aliphatic heterocycles. The molecule has 1 aromatic rings. The number of sulfone groups is 1. The van der Waals surface area contributed by atoms with Crippen molar-refractivity contribution >= 4 is 27.3 Å². The molecule has 0 bridgehead atoms. The maximum atomic E-state index is 12.3. The molecule has 1 heterocycles. The Morgan fingerprint density at radius 1 is 1.14 bits per heavy atom. The third kappa shape index (κ3) is 4.98. The van der Waals surface area contributed by atoms with Gasteiger partial charge in [-0.15, -0.1) is 0 Å². The Kier molecular flexibility index (Phi) is 5.24. The maximum absolute atomic E-state index is 12.3. The summed E-state index contributed by atoms with van der Waals surface area (Å²) in [5, 5.41) is 0.608. The summed E-state index contributed by atoms with van der Waals surface area (Å²) < 4.78 is 22.3. The normalized spacial score (nSPS) is 17.0. The van der Waals surface area contributed by atoms with E-state index in [9.17, 15) is 13.2 Å². The zero-order valence-corrected chi connectivity index (χ0v) is 13.5. The van der Waals surface area contributed by atoms with Crippen molar-refractivity contribution in [1.29, 1.82) is 0 Å². The molecule has 1 aliphatic rings. The molecule has 0 radical (unpaired) electrons. The molecular weight excluding hydrogens is 312 g/mol. The Bertz CT molecular complexity index is 593. The number of rotatable bonds is 4. The minimum Gasteiger partial charge on any atom is -0.336 e. The van der Waals surface area contributed by atoms with Crippen molar-refractivity contribution in [3.63, 3.8) is 0 Å². The number of carbonyl (C=O) groups excluding carboxylic acids is 1. The summed E-state index contributed by atoms with van der Waals surface area (Å²) in [4.78, 5) is 16.2. The Hall–Kier alpha value is -1.11. The molecule has 1 fully saturated rings. The van der Waals surface area contributed by atoms with Crippen molar-refractivity contribution in [3.05, 3.63) is 34.9 Å². The number of nitrogens with zero attached hydrogens (tertiary/aromatic N) is 2. The molecule has 1 aromatic carbocycles. The second-order valence-electron chi connectivity index (χ2n) is 5.27. The molecule has 1 amide bonds. The smallest absolute Gasteiger partial charge is 0.253 e. The third-order valence-corrected chi connectivity index (χ3v) is 4.71. The van der Waals surface area contributed by atoms with Crippen molar-refractivity contribution in [2.24, 2.45) is 0 Å². The first-order valence-corrected chi connectivity index (χ1v) is 9.24. The van der Waals surface area contributed by atoms with Crippen molar-refractivity contribution in [2.45, 2.75) is 0 Å². The Balaban J connectivity index is 1.86. The van der Waals surface area contributed by atoms with E-state index in [1.807, 2.05) is 0 Å². The van der Waals surface area contributed by atoms with Crippen LogP contribution in [0, 0.1) is 0 Å². The summed E-state index contributed by atoms with van der Waals surface area (Å²) in [6, 6.07) is 6.86. The first-order chi connectivity index (χ1) is 9.85. The summed E-state index contributed by atoms with van der Waals surface area (Å²) >= 11 is 5.81. The number of halogens is 1. The molecule has 21 heavy (non-hydrogen) atoms. The molecule has 0 spiro atoms. The van der Waals surface area contributed by atoms with Crippen LogP contribution in [0.1, 0.15) is 10.4 Å². The van der Waals surface area contributed by atoms with Crippen molar-refractivity contribution in [2.75, 3.05) is 44.7 Å². The third-order valence-electron chi connectivity index (χ3n) is 3.53. The van der Waals surface area contributed by atoms with E-state index in [1.165, 1.54) is 6.26 Å². The second-order valence-corrected chi connectivity index (χ2v) is 7.97. The average Bonchev–Trinajstić information content (AvgIpc) is 2.45. The highest BCUT2D eigenvalue weighted by molar-refractivity contribution is 7.90. The largest absolute Gasteiger partial charge is 0.336 e. The van der Waals surface area contributed by atoms with E-state index in [1.54, 1.807) is 29.2 Å². The lowest BCUT2D eigenvalue weighted by Gasteiger charge is -2.34. The summed E-state index contributed by atoms with van der Waals surface area (Å²) in [7, 11) is -2.94. The lowest BCUT2D eigenvalue weighted by atomic mass is 10.2. The SMILES string of the molecule is CS(=O)(=O)CCN1CCN(C(=O)c2ccc(Cl)cc2)CC1. The topological polar surface area (TPSA) is 57.7 Å². The van der Waals surface area contributed by atoms with Crippen molar-refractivity contribution < 1.29 is 13.2 Å². The molecule has 0 aliphatic carbocycles. The quantitative estimate of drug-likeness (QED) is 0.831. The predicted molar refractivity (Wildman–Crippen MR) is 83.5 cm³/mol. The zero-order valence-electron chi connectivity index (χ0n) is 12.0. The number of piperazine rings is 1. The molecule has 7 heteroatoms. The molecule has 5 nitrogen and oxygen atoms in total. The van der Waals surface area contributed by atoms with E-state index in [2.05, 4.69) is 4.90 Å². The van der Waals surface area contributed by atoms with Crippen LogP contribution in [0.4, 0.5) is 0 Å². The zero-order chi connectivity index (χ0) is 15.5. The first kappa shape index (κ1) is 16.3. The Morgan fingerprint density at radius 3 is 2.24 bits per heavy atom. The van der Waals surface area contributed by atoms with E-state index in [0.29, 0.717) is 43.3 Å². The lowest BCUT2D eigenvalue weighted by molar-refractivity contribution is 0.0644. The van der Waals surface area contributed by atoms with Gasteiger partial charge in [-0.05, 0) is 24.3 Å². The number of hydrogen-bond acceptors (Lipinski definition) is 4. The fourth-order valence-corrected chi connectivity index (χ4v) is 2.96. The van der Waals surface area contributed by atoms with Crippen molar-refractivity contribution in [1.82, 2.24) is 9.80 Å². The van der Waals surface area contributed by atoms with Gasteiger partial charge in [0.15, 0.2) is 0 Å². The van der Waals surface area contributed by atoms with Gasteiger partial charge in [-0.25, -0.2) is 8.42 Å². The fraction of sp³-hybridized carbons (Fsp3) is 0.500. The van der Waals surface area contributed by atoms with Crippen LogP contribution in [0.15, 0.2) is 24.3 Å². The number of benzene rings is 1. The van der Waals surface area contributed by atoms with E-state index < -0.39 is 9.84 Å². The highest BCUT2D eigenvalue weighted by Crippen LogP contribution is 2.13. The number of hydrogen-bond donors (Lipinski definition) is 0. The first-order valence-electron chi connectivity index (χ1n) is 6.80. The van der Waals surface area contributed by atoms with Gasteiger partial charge in [-0.1, -0.05) is 11.6 Å². The highest BCUT2D eigenvalue weighted by atomic mass is 35.5. The summed E-state index contributed by atoms with van der Waals surface area (Å²) in [5.41, 5.74) is 0.629. The van der Waals surface area contributed by atoms with Gasteiger partial charge in [0.25, 0.3) is 5.91 Å². The number of carbonyl (C=O) groups is 1. The van der Waals surface area contributed by atoms with Crippen LogP contribution in [0.5, 0.6) is 0 Å². The molecule has 0 unspecified atom stereocenters. The van der Waals surface area contributed by atoms with Crippen LogP contribution in [0.25, 0.3) is 0 Å². The standard InChI is InChI=1S/C14H19ClN2O3S/c1-21(19,20)11-10-16-6-8-17(9-7-16)14(18)12-2-4-13(15)5-3-12/h2-5H,6-11H2,1H3. The van der Waals surface area contributed by atoms with E-state index >= 15 is 0 Å². The van der Waals surface area contributed by atoms with Crippen LogP contribution in [-0.4, -0.2) is 68.9 Å². The fourth-order valence-electron chi connectivity index (χ4n) is 2.24. The van der Waals surface area contributed by atoms with Crippen LogP contribution in [-0.2, 0) is 9.84 Å². The van der Waals surface area contributed by atoms with Gasteiger partial charge in [0, 0.05) is 49.6 Å². The minimum absolute atomic E-state index is 0.00516. The molecule has 0 saturated carbocycles. The van der Waals surface area contributed by atoms with Crippen LogP contribution in [0.2, 0.25) is 5.02 Å². The van der Waals surface area contributed by atoms with Crippen LogP contribution in [0.3, 0.4) is 0 Å². The predicted octanol–water partition coefficient (Wildman–Crippen LogP) is 1.14. The average molecular weight is 331 g/mol. The molecular formula is C14H19ClN2O3S. The summed E-state index contributed by atoms with van der Waals surface area (Å²) in [6.45, 7) is 3.17. The van der Waals surface area contributed by atoms with Gasteiger partial charge in [-0.2, -0.15) is 0 Å².